The number of halogens is 1. The topological polar surface area (TPSA) is 54.3 Å². The minimum Gasteiger partial charge on any atom is -0.497 e. The number of methoxy groups -OCH3 is 2. The molecule has 2 rings (SSSR count). The Bertz CT molecular complexity index is 668. The Morgan fingerprint density at radius 1 is 1.14 bits per heavy atom. The monoisotopic (exact) mass is 286 g/mol. The predicted molar refractivity (Wildman–Crippen MR) is 77.9 cm³/mol. The molecule has 0 heterocycles. The summed E-state index contributed by atoms with van der Waals surface area (Å²) in [5.41, 5.74) is 0.881. The summed E-state index contributed by atoms with van der Waals surface area (Å²) in [4.78, 5) is 0. The second kappa shape index (κ2) is 6.62. The maximum Gasteiger partial charge on any atom is 0.146 e. The summed E-state index contributed by atoms with van der Waals surface area (Å²) in [6.45, 7) is 0. The van der Waals surface area contributed by atoms with Gasteiger partial charge in [0.25, 0.3) is 0 Å². The number of rotatable bonds is 5. The van der Waals surface area contributed by atoms with Crippen molar-refractivity contribution >= 4 is 5.69 Å². The minimum absolute atomic E-state index is 0.266. The van der Waals surface area contributed by atoms with E-state index in [1.807, 2.05) is 0 Å². The highest BCUT2D eigenvalue weighted by Crippen LogP contribution is 2.31. The third-order valence-corrected chi connectivity index (χ3v) is 3.05. The van der Waals surface area contributed by atoms with Crippen LogP contribution in [0.5, 0.6) is 11.5 Å². The fourth-order valence-corrected chi connectivity index (χ4v) is 1.97. The van der Waals surface area contributed by atoms with E-state index in [9.17, 15) is 9.65 Å². The first-order valence-corrected chi connectivity index (χ1v) is 6.32. The van der Waals surface area contributed by atoms with Crippen LogP contribution in [0.25, 0.3) is 0 Å². The van der Waals surface area contributed by atoms with Crippen molar-refractivity contribution in [3.8, 4) is 17.6 Å². The van der Waals surface area contributed by atoms with Crippen molar-refractivity contribution < 1.29 is 13.9 Å². The zero-order valence-corrected chi connectivity index (χ0v) is 11.8. The maximum atomic E-state index is 13.7. The lowest BCUT2D eigenvalue weighted by Crippen LogP contribution is -2.11. The fraction of sp³-hybridized carbons (Fsp3) is 0.188. The lowest BCUT2D eigenvalue weighted by molar-refractivity contribution is 0.390. The van der Waals surface area contributed by atoms with Crippen LogP contribution in [0, 0.1) is 17.1 Å². The van der Waals surface area contributed by atoms with Gasteiger partial charge in [-0.25, -0.2) is 4.39 Å². The number of hydrogen-bond acceptors (Lipinski definition) is 4. The molecule has 1 unspecified atom stereocenters. The Hall–Kier alpha value is -2.74. The van der Waals surface area contributed by atoms with Crippen LogP contribution in [-0.2, 0) is 0 Å². The van der Waals surface area contributed by atoms with E-state index in [1.165, 1.54) is 13.2 Å². The summed E-state index contributed by atoms with van der Waals surface area (Å²) in [6, 6.07) is 12.7. The van der Waals surface area contributed by atoms with Crippen LogP contribution < -0.4 is 14.8 Å². The number of ether oxygens (including phenoxy) is 2. The van der Waals surface area contributed by atoms with Crippen molar-refractivity contribution in [1.29, 1.82) is 5.26 Å². The molecule has 0 spiro atoms. The van der Waals surface area contributed by atoms with E-state index in [2.05, 4.69) is 11.4 Å². The molecule has 0 amide bonds. The molecule has 0 radical (unpaired) electrons. The first kappa shape index (κ1) is 14.7. The van der Waals surface area contributed by atoms with Crippen molar-refractivity contribution in [3.05, 3.63) is 53.8 Å². The van der Waals surface area contributed by atoms with Gasteiger partial charge >= 0.3 is 0 Å². The molecule has 0 aromatic heterocycles. The number of anilines is 1. The molecule has 1 atom stereocenters. The van der Waals surface area contributed by atoms with Gasteiger partial charge in [0.15, 0.2) is 0 Å². The van der Waals surface area contributed by atoms with Gasteiger partial charge < -0.3 is 14.8 Å². The quantitative estimate of drug-likeness (QED) is 0.913. The van der Waals surface area contributed by atoms with Crippen LogP contribution in [0.1, 0.15) is 11.6 Å². The van der Waals surface area contributed by atoms with Crippen LogP contribution >= 0.6 is 0 Å². The molecule has 108 valence electrons. The van der Waals surface area contributed by atoms with Crippen LogP contribution in [0.4, 0.5) is 10.1 Å². The molecule has 5 heteroatoms. The van der Waals surface area contributed by atoms with E-state index in [0.717, 1.165) is 0 Å². The van der Waals surface area contributed by atoms with Crippen molar-refractivity contribution in [2.45, 2.75) is 6.04 Å². The van der Waals surface area contributed by atoms with Crippen LogP contribution in [0.2, 0.25) is 0 Å². The molecule has 0 aliphatic rings. The Balaban J connectivity index is 2.34. The number of hydrogen-bond donors (Lipinski definition) is 1. The summed E-state index contributed by atoms with van der Waals surface area (Å²) in [5, 5.41) is 12.2. The molecule has 0 aliphatic carbocycles. The van der Waals surface area contributed by atoms with Crippen molar-refractivity contribution in [3.63, 3.8) is 0 Å². The smallest absolute Gasteiger partial charge is 0.146 e. The SMILES string of the molecule is COc1ccc(C(C#N)Nc2ccccc2F)c(OC)c1. The highest BCUT2D eigenvalue weighted by molar-refractivity contribution is 5.52. The van der Waals surface area contributed by atoms with E-state index in [4.69, 9.17) is 9.47 Å². The standard InChI is InChI=1S/C16H15FN2O2/c1-20-11-7-8-12(16(9-11)21-2)15(10-18)19-14-6-4-3-5-13(14)17/h3-9,15,19H,1-2H3. The zero-order valence-electron chi connectivity index (χ0n) is 11.8. The molecule has 0 saturated carbocycles. The number of nitrogens with one attached hydrogen (secondary N) is 1. The molecule has 2 aromatic carbocycles. The molecular weight excluding hydrogens is 271 g/mol. The first-order chi connectivity index (χ1) is 10.2. The van der Waals surface area contributed by atoms with Gasteiger partial charge in [0.05, 0.1) is 26.0 Å². The molecule has 21 heavy (non-hydrogen) atoms. The van der Waals surface area contributed by atoms with Gasteiger partial charge in [-0.3, -0.25) is 0 Å². The summed E-state index contributed by atoms with van der Waals surface area (Å²) in [5.74, 6) is 0.716. The Morgan fingerprint density at radius 3 is 2.52 bits per heavy atom. The largest absolute Gasteiger partial charge is 0.497 e. The van der Waals surface area contributed by atoms with Crippen molar-refractivity contribution in [2.24, 2.45) is 0 Å². The van der Waals surface area contributed by atoms with Gasteiger partial charge in [-0.1, -0.05) is 12.1 Å². The number of nitrogens with zero attached hydrogens (tertiary/aromatic N) is 1. The molecule has 1 N–H and O–H groups in total. The highest BCUT2D eigenvalue weighted by Gasteiger charge is 2.17. The van der Waals surface area contributed by atoms with Gasteiger partial charge in [-0.05, 0) is 24.3 Å². The third kappa shape index (κ3) is 3.23. The fourth-order valence-electron chi connectivity index (χ4n) is 1.97. The maximum absolute atomic E-state index is 13.7. The van der Waals surface area contributed by atoms with E-state index >= 15 is 0 Å². The summed E-state index contributed by atoms with van der Waals surface area (Å²) < 4.78 is 24.1. The average Bonchev–Trinajstić information content (AvgIpc) is 2.53. The zero-order chi connectivity index (χ0) is 15.2. The second-order valence-corrected chi connectivity index (χ2v) is 4.29. The van der Waals surface area contributed by atoms with E-state index in [1.54, 1.807) is 43.5 Å². The van der Waals surface area contributed by atoms with Gasteiger partial charge in [0.2, 0.25) is 0 Å². The molecule has 0 aliphatic heterocycles. The molecular formula is C16H15FN2O2. The second-order valence-electron chi connectivity index (χ2n) is 4.29. The summed E-state index contributed by atoms with van der Waals surface area (Å²) in [7, 11) is 3.06. The Morgan fingerprint density at radius 2 is 1.90 bits per heavy atom. The normalized spacial score (nSPS) is 11.3. The van der Waals surface area contributed by atoms with Gasteiger partial charge in [0.1, 0.15) is 23.4 Å². The summed E-state index contributed by atoms with van der Waals surface area (Å²) >= 11 is 0. The highest BCUT2D eigenvalue weighted by atomic mass is 19.1. The molecule has 0 saturated heterocycles. The van der Waals surface area contributed by atoms with Gasteiger partial charge in [-0.2, -0.15) is 5.26 Å². The number of para-hydroxylation sites is 1. The minimum atomic E-state index is -0.734. The number of benzene rings is 2. The Labute approximate surface area is 122 Å². The molecule has 2 aromatic rings. The molecule has 0 bridgehead atoms. The van der Waals surface area contributed by atoms with E-state index in [-0.39, 0.29) is 5.69 Å². The molecule has 4 nitrogen and oxygen atoms in total. The summed E-state index contributed by atoms with van der Waals surface area (Å²) in [6.07, 6.45) is 0. The lowest BCUT2D eigenvalue weighted by Gasteiger charge is -2.17. The van der Waals surface area contributed by atoms with Gasteiger partial charge in [-0.15, -0.1) is 0 Å². The number of nitriles is 1. The van der Waals surface area contributed by atoms with Crippen LogP contribution in [0.3, 0.4) is 0 Å². The third-order valence-electron chi connectivity index (χ3n) is 3.05. The van der Waals surface area contributed by atoms with Gasteiger partial charge in [0, 0.05) is 11.6 Å². The van der Waals surface area contributed by atoms with Crippen molar-refractivity contribution in [1.82, 2.24) is 0 Å². The first-order valence-electron chi connectivity index (χ1n) is 6.32. The van der Waals surface area contributed by atoms with Crippen LogP contribution in [-0.4, -0.2) is 14.2 Å². The van der Waals surface area contributed by atoms with Crippen LogP contribution in [0.15, 0.2) is 42.5 Å². The lowest BCUT2D eigenvalue weighted by atomic mass is 10.1. The average molecular weight is 286 g/mol. The molecule has 0 fully saturated rings. The van der Waals surface area contributed by atoms with Crippen molar-refractivity contribution in [2.75, 3.05) is 19.5 Å². The van der Waals surface area contributed by atoms with E-state index < -0.39 is 11.9 Å². The predicted octanol–water partition coefficient (Wildman–Crippen LogP) is 3.52. The van der Waals surface area contributed by atoms with E-state index in [0.29, 0.717) is 17.1 Å². The Kier molecular flexibility index (Phi) is 4.62.